The van der Waals surface area contributed by atoms with Crippen molar-refractivity contribution in [1.29, 1.82) is 0 Å². The first kappa shape index (κ1) is 13.1. The SMILES string of the molecule is CNC(Cc1ccc2ccccc2c1)C(C)(C)C. The van der Waals surface area contributed by atoms with E-state index in [2.05, 4.69) is 75.6 Å². The minimum atomic E-state index is 0.278. The van der Waals surface area contributed by atoms with Crippen molar-refractivity contribution in [3.63, 3.8) is 0 Å². The van der Waals surface area contributed by atoms with Crippen LogP contribution >= 0.6 is 0 Å². The fraction of sp³-hybridized carbons (Fsp3) is 0.412. The van der Waals surface area contributed by atoms with E-state index in [0.29, 0.717) is 6.04 Å². The normalized spacial score (nSPS) is 13.8. The smallest absolute Gasteiger partial charge is 0.0153 e. The summed E-state index contributed by atoms with van der Waals surface area (Å²) >= 11 is 0. The number of hydrogen-bond acceptors (Lipinski definition) is 1. The second kappa shape index (κ2) is 5.11. The molecule has 0 saturated carbocycles. The summed E-state index contributed by atoms with van der Waals surface area (Å²) in [4.78, 5) is 0. The summed E-state index contributed by atoms with van der Waals surface area (Å²) in [6.07, 6.45) is 1.07. The van der Waals surface area contributed by atoms with Crippen LogP contribution < -0.4 is 5.32 Å². The highest BCUT2D eigenvalue weighted by molar-refractivity contribution is 5.82. The van der Waals surface area contributed by atoms with E-state index in [1.807, 2.05) is 0 Å². The summed E-state index contributed by atoms with van der Waals surface area (Å²) in [5.41, 5.74) is 1.68. The molecule has 0 saturated heterocycles. The molecule has 0 bridgehead atoms. The Bertz CT molecular complexity index is 522. The standard InChI is InChI=1S/C17H23N/c1-17(2,3)16(18-4)12-13-9-10-14-7-5-6-8-15(14)11-13/h5-11,16,18H,12H2,1-4H3. The Kier molecular flexibility index (Phi) is 3.72. The van der Waals surface area contributed by atoms with Crippen LogP contribution in [0.2, 0.25) is 0 Å². The molecule has 96 valence electrons. The number of nitrogens with one attached hydrogen (secondary N) is 1. The van der Waals surface area contributed by atoms with E-state index >= 15 is 0 Å². The molecule has 18 heavy (non-hydrogen) atoms. The Morgan fingerprint density at radius 1 is 1.00 bits per heavy atom. The average Bonchev–Trinajstić information content (AvgIpc) is 2.34. The highest BCUT2D eigenvalue weighted by Crippen LogP contribution is 2.24. The molecule has 1 atom stereocenters. The lowest BCUT2D eigenvalue weighted by molar-refractivity contribution is 0.280. The molecule has 0 radical (unpaired) electrons. The van der Waals surface area contributed by atoms with E-state index in [1.54, 1.807) is 0 Å². The molecular formula is C17H23N. The Labute approximate surface area is 110 Å². The van der Waals surface area contributed by atoms with Crippen molar-refractivity contribution >= 4 is 10.8 Å². The van der Waals surface area contributed by atoms with Crippen LogP contribution in [0.15, 0.2) is 42.5 Å². The van der Waals surface area contributed by atoms with Gasteiger partial charge in [0, 0.05) is 6.04 Å². The fourth-order valence-corrected chi connectivity index (χ4v) is 2.44. The molecular weight excluding hydrogens is 218 g/mol. The van der Waals surface area contributed by atoms with E-state index in [4.69, 9.17) is 0 Å². The first-order valence-corrected chi connectivity index (χ1v) is 6.65. The van der Waals surface area contributed by atoms with Crippen molar-refractivity contribution in [2.45, 2.75) is 33.2 Å². The Balaban J connectivity index is 2.26. The maximum atomic E-state index is 3.44. The number of benzene rings is 2. The maximum absolute atomic E-state index is 3.44. The molecule has 0 aliphatic carbocycles. The van der Waals surface area contributed by atoms with Gasteiger partial charge in [-0.15, -0.1) is 0 Å². The van der Waals surface area contributed by atoms with Gasteiger partial charge in [0.1, 0.15) is 0 Å². The summed E-state index contributed by atoms with van der Waals surface area (Å²) < 4.78 is 0. The zero-order chi connectivity index (χ0) is 13.2. The van der Waals surface area contributed by atoms with Gasteiger partial charge >= 0.3 is 0 Å². The predicted molar refractivity (Wildman–Crippen MR) is 80.0 cm³/mol. The van der Waals surface area contributed by atoms with Crippen molar-refractivity contribution in [3.05, 3.63) is 48.0 Å². The minimum absolute atomic E-state index is 0.278. The third-order valence-corrected chi connectivity index (χ3v) is 3.65. The van der Waals surface area contributed by atoms with Gasteiger partial charge in [0.15, 0.2) is 0 Å². The highest BCUT2D eigenvalue weighted by atomic mass is 14.9. The molecule has 0 amide bonds. The predicted octanol–water partition coefficient (Wildman–Crippen LogP) is 4.02. The van der Waals surface area contributed by atoms with Gasteiger partial charge in [0.05, 0.1) is 0 Å². The van der Waals surface area contributed by atoms with E-state index < -0.39 is 0 Å². The van der Waals surface area contributed by atoms with Crippen LogP contribution in [-0.4, -0.2) is 13.1 Å². The van der Waals surface area contributed by atoms with E-state index in [9.17, 15) is 0 Å². The van der Waals surface area contributed by atoms with Gasteiger partial charge in [-0.1, -0.05) is 63.2 Å². The minimum Gasteiger partial charge on any atom is -0.316 e. The van der Waals surface area contributed by atoms with E-state index in [1.165, 1.54) is 16.3 Å². The summed E-state index contributed by atoms with van der Waals surface area (Å²) in [6, 6.07) is 15.8. The number of hydrogen-bond donors (Lipinski definition) is 1. The van der Waals surface area contributed by atoms with Gasteiger partial charge in [-0.3, -0.25) is 0 Å². The quantitative estimate of drug-likeness (QED) is 0.856. The van der Waals surface area contributed by atoms with Crippen LogP contribution in [0.25, 0.3) is 10.8 Å². The van der Waals surface area contributed by atoms with Crippen molar-refractivity contribution in [2.75, 3.05) is 7.05 Å². The lowest BCUT2D eigenvalue weighted by Gasteiger charge is -2.30. The maximum Gasteiger partial charge on any atom is 0.0153 e. The molecule has 0 aromatic heterocycles. The molecule has 1 unspecified atom stereocenters. The second-order valence-corrected chi connectivity index (χ2v) is 6.09. The Morgan fingerprint density at radius 2 is 1.67 bits per heavy atom. The summed E-state index contributed by atoms with van der Waals surface area (Å²) in [6.45, 7) is 6.86. The molecule has 1 nitrogen and oxygen atoms in total. The molecule has 1 N–H and O–H groups in total. The van der Waals surface area contributed by atoms with Gasteiger partial charge in [-0.05, 0) is 35.2 Å². The molecule has 2 aromatic rings. The number of fused-ring (bicyclic) bond motifs is 1. The van der Waals surface area contributed by atoms with Crippen molar-refractivity contribution in [2.24, 2.45) is 5.41 Å². The van der Waals surface area contributed by atoms with Crippen molar-refractivity contribution in [3.8, 4) is 0 Å². The molecule has 0 aliphatic rings. The molecule has 0 spiro atoms. The van der Waals surface area contributed by atoms with Crippen LogP contribution in [-0.2, 0) is 6.42 Å². The third kappa shape index (κ3) is 2.91. The summed E-state index contributed by atoms with van der Waals surface area (Å²) in [5.74, 6) is 0. The van der Waals surface area contributed by atoms with Gasteiger partial charge in [0.2, 0.25) is 0 Å². The summed E-state index contributed by atoms with van der Waals surface area (Å²) in [5, 5.41) is 6.09. The van der Waals surface area contributed by atoms with Gasteiger partial charge in [0.25, 0.3) is 0 Å². The third-order valence-electron chi connectivity index (χ3n) is 3.65. The zero-order valence-electron chi connectivity index (χ0n) is 11.8. The lowest BCUT2D eigenvalue weighted by atomic mass is 9.83. The van der Waals surface area contributed by atoms with Crippen LogP contribution in [0.5, 0.6) is 0 Å². The zero-order valence-corrected chi connectivity index (χ0v) is 11.8. The molecule has 0 heterocycles. The van der Waals surface area contributed by atoms with Crippen molar-refractivity contribution in [1.82, 2.24) is 5.32 Å². The molecule has 0 aliphatic heterocycles. The molecule has 1 heteroatoms. The van der Waals surface area contributed by atoms with Gasteiger partial charge in [-0.25, -0.2) is 0 Å². The molecule has 2 aromatic carbocycles. The van der Waals surface area contributed by atoms with Crippen LogP contribution in [0.4, 0.5) is 0 Å². The average molecular weight is 241 g/mol. The second-order valence-electron chi connectivity index (χ2n) is 6.09. The van der Waals surface area contributed by atoms with E-state index in [-0.39, 0.29) is 5.41 Å². The van der Waals surface area contributed by atoms with E-state index in [0.717, 1.165) is 6.42 Å². The topological polar surface area (TPSA) is 12.0 Å². The fourth-order valence-electron chi connectivity index (χ4n) is 2.44. The first-order chi connectivity index (χ1) is 8.50. The number of likely N-dealkylation sites (N-methyl/N-ethyl adjacent to an activating group) is 1. The van der Waals surface area contributed by atoms with Crippen molar-refractivity contribution < 1.29 is 0 Å². The van der Waals surface area contributed by atoms with Gasteiger partial charge in [-0.2, -0.15) is 0 Å². The highest BCUT2D eigenvalue weighted by Gasteiger charge is 2.22. The molecule has 0 fully saturated rings. The lowest BCUT2D eigenvalue weighted by Crippen LogP contribution is -2.39. The van der Waals surface area contributed by atoms with Gasteiger partial charge < -0.3 is 5.32 Å². The largest absolute Gasteiger partial charge is 0.316 e. The monoisotopic (exact) mass is 241 g/mol. The van der Waals surface area contributed by atoms with Crippen LogP contribution in [0.1, 0.15) is 26.3 Å². The Morgan fingerprint density at radius 3 is 2.28 bits per heavy atom. The summed E-state index contributed by atoms with van der Waals surface area (Å²) in [7, 11) is 2.05. The molecule has 2 rings (SSSR count). The first-order valence-electron chi connectivity index (χ1n) is 6.65. The van der Waals surface area contributed by atoms with Crippen LogP contribution in [0, 0.1) is 5.41 Å². The Hall–Kier alpha value is -1.34. The number of rotatable bonds is 3. The van der Waals surface area contributed by atoms with Crippen LogP contribution in [0.3, 0.4) is 0 Å².